The van der Waals surface area contributed by atoms with Crippen molar-refractivity contribution in [2.24, 2.45) is 0 Å². The van der Waals surface area contributed by atoms with Gasteiger partial charge in [0.1, 0.15) is 0 Å². The maximum absolute atomic E-state index is 12.3. The van der Waals surface area contributed by atoms with Crippen LogP contribution >= 0.6 is 11.9 Å². The van der Waals surface area contributed by atoms with E-state index in [-0.39, 0.29) is 5.91 Å². The Morgan fingerprint density at radius 1 is 0.840 bits per heavy atom. The lowest BCUT2D eigenvalue weighted by Crippen LogP contribution is -2.13. The van der Waals surface area contributed by atoms with Gasteiger partial charge in [0, 0.05) is 21.7 Å². The number of anilines is 2. The molecule has 0 fully saturated rings. The smallest absolute Gasteiger partial charge is 0.255 e. The second-order valence-electron chi connectivity index (χ2n) is 5.25. The van der Waals surface area contributed by atoms with Crippen LogP contribution in [-0.2, 0) is 0 Å². The molecule has 0 unspecified atom stereocenters. The van der Waals surface area contributed by atoms with Gasteiger partial charge in [-0.2, -0.15) is 0 Å². The third-order valence-electron chi connectivity index (χ3n) is 3.51. The standard InChI is InChI=1S/C20H16N2O2S/c23-14-16-6-4-5-9-19(16)21-20(24)15-10-12-18(13-11-15)25-22-17-7-2-1-3-8-17/h1-14,22H,(H,21,24). The lowest BCUT2D eigenvalue weighted by Gasteiger charge is -2.08. The van der Waals surface area contributed by atoms with Crippen LogP contribution in [0, 0.1) is 0 Å². The van der Waals surface area contributed by atoms with Crippen LogP contribution < -0.4 is 10.0 Å². The third-order valence-corrected chi connectivity index (χ3v) is 4.36. The van der Waals surface area contributed by atoms with Gasteiger partial charge in [0.25, 0.3) is 5.91 Å². The van der Waals surface area contributed by atoms with Gasteiger partial charge >= 0.3 is 0 Å². The fraction of sp³-hybridized carbons (Fsp3) is 0. The van der Waals surface area contributed by atoms with Crippen LogP contribution in [0.1, 0.15) is 20.7 Å². The highest BCUT2D eigenvalue weighted by molar-refractivity contribution is 8.00. The number of nitrogens with one attached hydrogen (secondary N) is 2. The number of carbonyl (C=O) groups is 2. The Morgan fingerprint density at radius 2 is 1.52 bits per heavy atom. The van der Waals surface area contributed by atoms with Gasteiger partial charge in [0.2, 0.25) is 0 Å². The van der Waals surface area contributed by atoms with E-state index < -0.39 is 0 Å². The molecule has 3 aromatic carbocycles. The van der Waals surface area contributed by atoms with E-state index in [4.69, 9.17) is 0 Å². The van der Waals surface area contributed by atoms with Gasteiger partial charge in [-0.1, -0.05) is 30.3 Å². The maximum Gasteiger partial charge on any atom is 0.255 e. The highest BCUT2D eigenvalue weighted by atomic mass is 32.2. The fourth-order valence-electron chi connectivity index (χ4n) is 2.21. The SMILES string of the molecule is O=Cc1ccccc1NC(=O)c1ccc(SNc2ccccc2)cc1. The Kier molecular flexibility index (Phi) is 5.49. The monoisotopic (exact) mass is 348 g/mol. The van der Waals surface area contributed by atoms with E-state index in [0.717, 1.165) is 16.9 Å². The molecule has 5 heteroatoms. The first kappa shape index (κ1) is 16.8. The first-order chi connectivity index (χ1) is 12.3. The van der Waals surface area contributed by atoms with Gasteiger partial charge in [0.15, 0.2) is 6.29 Å². The molecule has 0 heterocycles. The van der Waals surface area contributed by atoms with Crippen molar-refractivity contribution in [3.8, 4) is 0 Å². The van der Waals surface area contributed by atoms with Crippen LogP contribution in [0.3, 0.4) is 0 Å². The normalized spacial score (nSPS) is 10.1. The lowest BCUT2D eigenvalue weighted by atomic mass is 10.1. The molecule has 0 saturated carbocycles. The van der Waals surface area contributed by atoms with Gasteiger partial charge in [-0.3, -0.25) is 9.59 Å². The minimum absolute atomic E-state index is 0.248. The molecule has 3 aromatic rings. The van der Waals surface area contributed by atoms with Gasteiger partial charge in [-0.15, -0.1) is 0 Å². The molecule has 25 heavy (non-hydrogen) atoms. The molecule has 4 nitrogen and oxygen atoms in total. The van der Waals surface area contributed by atoms with E-state index in [0.29, 0.717) is 16.8 Å². The second-order valence-corrected chi connectivity index (χ2v) is 6.13. The number of carbonyl (C=O) groups excluding carboxylic acids is 2. The zero-order chi connectivity index (χ0) is 17.5. The average Bonchev–Trinajstić information content (AvgIpc) is 2.68. The summed E-state index contributed by atoms with van der Waals surface area (Å²) in [5.74, 6) is -0.248. The molecule has 3 rings (SSSR count). The summed E-state index contributed by atoms with van der Waals surface area (Å²) in [5.41, 5.74) is 2.51. The Morgan fingerprint density at radius 3 is 2.24 bits per heavy atom. The molecule has 1 amide bonds. The minimum atomic E-state index is -0.248. The van der Waals surface area contributed by atoms with Crippen LogP contribution in [0.15, 0.2) is 83.8 Å². The van der Waals surface area contributed by atoms with E-state index in [1.54, 1.807) is 36.4 Å². The zero-order valence-electron chi connectivity index (χ0n) is 13.3. The summed E-state index contributed by atoms with van der Waals surface area (Å²) < 4.78 is 3.24. The van der Waals surface area contributed by atoms with Crippen molar-refractivity contribution in [3.05, 3.63) is 90.0 Å². The van der Waals surface area contributed by atoms with Crippen molar-refractivity contribution < 1.29 is 9.59 Å². The van der Waals surface area contributed by atoms with Crippen molar-refractivity contribution in [2.75, 3.05) is 10.0 Å². The first-order valence-electron chi connectivity index (χ1n) is 7.70. The van der Waals surface area contributed by atoms with Crippen LogP contribution in [-0.4, -0.2) is 12.2 Å². The van der Waals surface area contributed by atoms with E-state index in [1.165, 1.54) is 11.9 Å². The molecule has 2 N–H and O–H groups in total. The highest BCUT2D eigenvalue weighted by Gasteiger charge is 2.08. The zero-order valence-corrected chi connectivity index (χ0v) is 14.1. The van der Waals surface area contributed by atoms with Gasteiger partial charge < -0.3 is 10.0 Å². The van der Waals surface area contributed by atoms with Crippen LogP contribution in [0.5, 0.6) is 0 Å². The van der Waals surface area contributed by atoms with Gasteiger partial charge in [-0.25, -0.2) is 0 Å². The molecule has 124 valence electrons. The third kappa shape index (κ3) is 4.49. The molecule has 0 aliphatic rings. The molecule has 0 aliphatic carbocycles. The van der Waals surface area contributed by atoms with Crippen molar-refractivity contribution in [1.82, 2.24) is 0 Å². The quantitative estimate of drug-likeness (QED) is 0.493. The summed E-state index contributed by atoms with van der Waals surface area (Å²) >= 11 is 1.48. The average molecular weight is 348 g/mol. The number of hydrogen-bond donors (Lipinski definition) is 2. The van der Waals surface area contributed by atoms with Gasteiger partial charge in [0.05, 0.1) is 5.69 Å². The number of benzene rings is 3. The summed E-state index contributed by atoms with van der Waals surface area (Å²) in [5, 5.41) is 2.76. The Hall–Kier alpha value is -3.05. The van der Waals surface area contributed by atoms with E-state index >= 15 is 0 Å². The van der Waals surface area contributed by atoms with Gasteiger partial charge in [-0.05, 0) is 60.5 Å². The highest BCUT2D eigenvalue weighted by Crippen LogP contribution is 2.22. The number of aldehydes is 1. The van der Waals surface area contributed by atoms with Crippen molar-refractivity contribution in [2.45, 2.75) is 4.90 Å². The molecule has 0 bridgehead atoms. The summed E-state index contributed by atoms with van der Waals surface area (Å²) in [4.78, 5) is 24.3. The molecule has 0 spiro atoms. The van der Waals surface area contributed by atoms with Crippen molar-refractivity contribution in [1.29, 1.82) is 0 Å². The largest absolute Gasteiger partial charge is 0.326 e. The fourth-order valence-corrected chi connectivity index (χ4v) is 2.85. The number of amides is 1. The van der Waals surface area contributed by atoms with Crippen LogP contribution in [0.4, 0.5) is 11.4 Å². The second kappa shape index (κ2) is 8.17. The molecule has 0 aromatic heterocycles. The Labute approximate surface area is 150 Å². The lowest BCUT2D eigenvalue weighted by molar-refractivity contribution is 0.102. The summed E-state index contributed by atoms with van der Waals surface area (Å²) in [6.45, 7) is 0. The maximum atomic E-state index is 12.3. The minimum Gasteiger partial charge on any atom is -0.326 e. The number of para-hydroxylation sites is 2. The molecule has 0 saturated heterocycles. The van der Waals surface area contributed by atoms with E-state index in [9.17, 15) is 9.59 Å². The molecular weight excluding hydrogens is 332 g/mol. The van der Waals surface area contributed by atoms with E-state index in [1.807, 2.05) is 42.5 Å². The molecule has 0 radical (unpaired) electrons. The summed E-state index contributed by atoms with van der Waals surface area (Å²) in [6, 6.07) is 24.0. The van der Waals surface area contributed by atoms with Crippen molar-refractivity contribution >= 4 is 35.5 Å². The molecule has 0 atom stereocenters. The summed E-state index contributed by atoms with van der Waals surface area (Å²) in [6.07, 6.45) is 0.727. The molecule has 0 aliphatic heterocycles. The number of rotatable bonds is 6. The predicted octanol–water partition coefficient (Wildman–Crippen LogP) is 4.87. The van der Waals surface area contributed by atoms with Crippen LogP contribution in [0.25, 0.3) is 0 Å². The first-order valence-corrected chi connectivity index (χ1v) is 8.51. The van der Waals surface area contributed by atoms with Crippen LogP contribution in [0.2, 0.25) is 0 Å². The summed E-state index contributed by atoms with van der Waals surface area (Å²) in [7, 11) is 0. The van der Waals surface area contributed by atoms with E-state index in [2.05, 4.69) is 10.0 Å². The van der Waals surface area contributed by atoms with Crippen molar-refractivity contribution in [3.63, 3.8) is 0 Å². The topological polar surface area (TPSA) is 58.2 Å². The molecular formula is C20H16N2O2S. The Balaban J connectivity index is 1.63. The number of hydrogen-bond acceptors (Lipinski definition) is 4. The predicted molar refractivity (Wildman–Crippen MR) is 102 cm³/mol. The Bertz CT molecular complexity index is 864.